The minimum Gasteiger partial charge on any atom is -0.332 e. The van der Waals surface area contributed by atoms with Crippen LogP contribution in [-0.4, -0.2) is 29.2 Å². The normalized spacial score (nSPS) is 25.4. The van der Waals surface area contributed by atoms with E-state index in [1.807, 2.05) is 4.90 Å². The molecule has 0 radical (unpaired) electrons. The molecule has 78 valence electrons. The van der Waals surface area contributed by atoms with E-state index in [0.717, 1.165) is 6.42 Å². The molecule has 0 spiro atoms. The molecular formula is C11H17NO2. The van der Waals surface area contributed by atoms with Crippen molar-refractivity contribution in [2.45, 2.75) is 45.1 Å². The van der Waals surface area contributed by atoms with E-state index in [-0.39, 0.29) is 18.1 Å². The van der Waals surface area contributed by atoms with Gasteiger partial charge in [0.05, 0.1) is 13.0 Å². The maximum absolute atomic E-state index is 11.5. The topological polar surface area (TPSA) is 37.4 Å². The lowest BCUT2D eigenvalue weighted by molar-refractivity contribution is -0.131. The number of carbonyl (C=O) groups is 2. The number of hydrogen-bond acceptors (Lipinski definition) is 2. The van der Waals surface area contributed by atoms with Crippen molar-refractivity contribution in [3.63, 3.8) is 0 Å². The summed E-state index contributed by atoms with van der Waals surface area (Å²) in [6.07, 6.45) is 4.89. The molecule has 14 heavy (non-hydrogen) atoms. The molecule has 1 amide bonds. The third-order valence-corrected chi connectivity index (χ3v) is 3.53. The lowest BCUT2D eigenvalue weighted by Crippen LogP contribution is -2.43. The smallest absolute Gasteiger partial charge is 0.230 e. The van der Waals surface area contributed by atoms with Crippen LogP contribution < -0.4 is 0 Å². The Bertz CT molecular complexity index is 258. The van der Waals surface area contributed by atoms with Gasteiger partial charge >= 0.3 is 0 Å². The van der Waals surface area contributed by atoms with E-state index in [9.17, 15) is 9.59 Å². The standard InChI is InChI=1S/C11H17NO2/c1-2-10(8-4-3-5-8)12-7-9(13)6-11(12)14/h8,10H,2-7H2,1H3. The van der Waals surface area contributed by atoms with Gasteiger partial charge in [0.1, 0.15) is 0 Å². The van der Waals surface area contributed by atoms with Crippen molar-refractivity contribution in [3.8, 4) is 0 Å². The second kappa shape index (κ2) is 3.71. The fourth-order valence-electron chi connectivity index (χ4n) is 2.54. The molecule has 3 nitrogen and oxygen atoms in total. The van der Waals surface area contributed by atoms with Gasteiger partial charge in [-0.05, 0) is 25.2 Å². The molecule has 1 saturated heterocycles. The van der Waals surface area contributed by atoms with Gasteiger partial charge in [0.2, 0.25) is 5.91 Å². The number of rotatable bonds is 3. The Morgan fingerprint density at radius 2 is 2.14 bits per heavy atom. The molecule has 0 aromatic carbocycles. The zero-order valence-electron chi connectivity index (χ0n) is 8.66. The van der Waals surface area contributed by atoms with E-state index >= 15 is 0 Å². The van der Waals surface area contributed by atoms with E-state index in [4.69, 9.17) is 0 Å². The van der Waals surface area contributed by atoms with Crippen LogP contribution in [0, 0.1) is 5.92 Å². The van der Waals surface area contributed by atoms with E-state index in [1.54, 1.807) is 0 Å². The fourth-order valence-corrected chi connectivity index (χ4v) is 2.54. The van der Waals surface area contributed by atoms with Gasteiger partial charge in [0, 0.05) is 6.04 Å². The average molecular weight is 195 g/mol. The van der Waals surface area contributed by atoms with Crippen molar-refractivity contribution < 1.29 is 9.59 Å². The third-order valence-electron chi connectivity index (χ3n) is 3.53. The molecule has 0 aromatic rings. The highest BCUT2D eigenvalue weighted by molar-refractivity contribution is 6.05. The second-order valence-corrected chi connectivity index (χ2v) is 4.40. The number of ketones is 1. The molecule has 0 N–H and O–H groups in total. The molecule has 1 atom stereocenters. The molecule has 2 fully saturated rings. The van der Waals surface area contributed by atoms with Gasteiger partial charge in [-0.15, -0.1) is 0 Å². The van der Waals surface area contributed by atoms with Crippen LogP contribution in [-0.2, 0) is 9.59 Å². The quantitative estimate of drug-likeness (QED) is 0.638. The van der Waals surface area contributed by atoms with Crippen LogP contribution in [0.2, 0.25) is 0 Å². The summed E-state index contributed by atoms with van der Waals surface area (Å²) in [5.74, 6) is 0.802. The molecule has 2 rings (SSSR count). The number of hydrogen-bond donors (Lipinski definition) is 0. The Balaban J connectivity index is 2.03. The van der Waals surface area contributed by atoms with Crippen molar-refractivity contribution in [1.82, 2.24) is 4.90 Å². The van der Waals surface area contributed by atoms with Crippen LogP contribution >= 0.6 is 0 Å². The van der Waals surface area contributed by atoms with E-state index < -0.39 is 0 Å². The number of amides is 1. The van der Waals surface area contributed by atoms with Crippen LogP contribution in [0.5, 0.6) is 0 Å². The maximum Gasteiger partial charge on any atom is 0.230 e. The van der Waals surface area contributed by atoms with E-state index in [2.05, 4.69) is 6.92 Å². The molecule has 0 bridgehead atoms. The largest absolute Gasteiger partial charge is 0.332 e. The van der Waals surface area contributed by atoms with Gasteiger partial charge in [-0.2, -0.15) is 0 Å². The first-order valence-corrected chi connectivity index (χ1v) is 5.53. The predicted molar refractivity (Wildman–Crippen MR) is 52.8 cm³/mol. The Labute approximate surface area is 84.5 Å². The lowest BCUT2D eigenvalue weighted by atomic mass is 9.78. The number of nitrogens with zero attached hydrogens (tertiary/aromatic N) is 1. The van der Waals surface area contributed by atoms with Crippen LogP contribution in [0.3, 0.4) is 0 Å². The summed E-state index contributed by atoms with van der Waals surface area (Å²) in [5, 5.41) is 0. The van der Waals surface area contributed by atoms with Crippen LogP contribution in [0.15, 0.2) is 0 Å². The summed E-state index contributed by atoms with van der Waals surface area (Å²) in [6, 6.07) is 0.336. The summed E-state index contributed by atoms with van der Waals surface area (Å²) in [6.45, 7) is 2.48. The Morgan fingerprint density at radius 3 is 2.50 bits per heavy atom. The van der Waals surface area contributed by atoms with Gasteiger partial charge < -0.3 is 4.90 Å². The van der Waals surface area contributed by atoms with Crippen molar-refractivity contribution in [2.75, 3.05) is 6.54 Å². The zero-order chi connectivity index (χ0) is 10.1. The van der Waals surface area contributed by atoms with E-state index in [1.165, 1.54) is 19.3 Å². The Kier molecular flexibility index (Phi) is 2.57. The summed E-state index contributed by atoms with van der Waals surface area (Å²) < 4.78 is 0. The number of carbonyl (C=O) groups excluding carboxylic acids is 2. The van der Waals surface area contributed by atoms with Gasteiger partial charge in [-0.3, -0.25) is 9.59 Å². The zero-order valence-corrected chi connectivity index (χ0v) is 8.66. The molecular weight excluding hydrogens is 178 g/mol. The maximum atomic E-state index is 11.5. The first-order valence-electron chi connectivity index (χ1n) is 5.53. The number of Topliss-reactive ketones (excluding diaryl/α,β-unsaturated/α-hetero) is 1. The predicted octanol–water partition coefficient (Wildman–Crippen LogP) is 1.37. The molecule has 1 saturated carbocycles. The highest BCUT2D eigenvalue weighted by Crippen LogP contribution is 2.34. The minimum atomic E-state index is 0.0498. The lowest BCUT2D eigenvalue weighted by Gasteiger charge is -2.38. The molecule has 1 aliphatic carbocycles. The highest BCUT2D eigenvalue weighted by atomic mass is 16.2. The van der Waals surface area contributed by atoms with Crippen molar-refractivity contribution in [2.24, 2.45) is 5.92 Å². The second-order valence-electron chi connectivity index (χ2n) is 4.40. The minimum absolute atomic E-state index is 0.0498. The monoisotopic (exact) mass is 195 g/mol. The summed E-state index contributed by atoms with van der Waals surface area (Å²) in [7, 11) is 0. The molecule has 1 unspecified atom stereocenters. The Morgan fingerprint density at radius 1 is 1.43 bits per heavy atom. The van der Waals surface area contributed by atoms with Crippen LogP contribution in [0.25, 0.3) is 0 Å². The SMILES string of the molecule is CCC(C1CCC1)N1CC(=O)CC1=O. The summed E-state index contributed by atoms with van der Waals surface area (Å²) in [5.41, 5.74) is 0. The van der Waals surface area contributed by atoms with Crippen LogP contribution in [0.1, 0.15) is 39.0 Å². The Hall–Kier alpha value is -0.860. The molecule has 2 aliphatic rings. The molecule has 1 aliphatic heterocycles. The van der Waals surface area contributed by atoms with Gasteiger partial charge in [0.15, 0.2) is 5.78 Å². The van der Waals surface area contributed by atoms with Crippen molar-refractivity contribution in [1.29, 1.82) is 0 Å². The molecule has 1 heterocycles. The van der Waals surface area contributed by atoms with Gasteiger partial charge in [-0.1, -0.05) is 13.3 Å². The highest BCUT2D eigenvalue weighted by Gasteiger charge is 2.37. The summed E-state index contributed by atoms with van der Waals surface area (Å²) >= 11 is 0. The first-order chi connectivity index (χ1) is 6.72. The first kappa shape index (κ1) is 9.69. The summed E-state index contributed by atoms with van der Waals surface area (Å²) in [4.78, 5) is 24.5. The third kappa shape index (κ3) is 1.56. The van der Waals surface area contributed by atoms with Gasteiger partial charge in [0.25, 0.3) is 0 Å². The van der Waals surface area contributed by atoms with Crippen molar-refractivity contribution >= 4 is 11.7 Å². The molecule has 0 aromatic heterocycles. The van der Waals surface area contributed by atoms with Crippen molar-refractivity contribution in [3.05, 3.63) is 0 Å². The van der Waals surface area contributed by atoms with Gasteiger partial charge in [-0.25, -0.2) is 0 Å². The van der Waals surface area contributed by atoms with E-state index in [0.29, 0.717) is 18.5 Å². The average Bonchev–Trinajstić information content (AvgIpc) is 2.37. The number of likely N-dealkylation sites (tertiary alicyclic amines) is 1. The van der Waals surface area contributed by atoms with Crippen LogP contribution in [0.4, 0.5) is 0 Å². The fraction of sp³-hybridized carbons (Fsp3) is 0.818. The molecule has 3 heteroatoms.